The van der Waals surface area contributed by atoms with Gasteiger partial charge in [0.05, 0.1) is 5.56 Å². The first-order valence-corrected chi connectivity index (χ1v) is 7.05. The Hall–Kier alpha value is -1.07. The van der Waals surface area contributed by atoms with E-state index >= 15 is 0 Å². The third-order valence-electron chi connectivity index (χ3n) is 3.89. The number of H-pyrrole nitrogens is 1. The van der Waals surface area contributed by atoms with E-state index in [2.05, 4.69) is 4.98 Å². The summed E-state index contributed by atoms with van der Waals surface area (Å²) < 4.78 is 6.62. The zero-order valence-corrected chi connectivity index (χ0v) is 12.0. The molecule has 2 rings (SSSR count). The van der Waals surface area contributed by atoms with Gasteiger partial charge in [0.2, 0.25) is 0 Å². The van der Waals surface area contributed by atoms with Crippen LogP contribution >= 0.6 is 11.6 Å². The van der Waals surface area contributed by atoms with Crippen LogP contribution in [0.15, 0.2) is 9.59 Å². The SMILES string of the molecule is CCc1c(Cl)[nH]c(=O)n(C(C)C2CCOCC2)c1=O. The molecule has 19 heavy (non-hydrogen) atoms. The number of rotatable bonds is 3. The van der Waals surface area contributed by atoms with Gasteiger partial charge in [-0.2, -0.15) is 0 Å². The van der Waals surface area contributed by atoms with Crippen LogP contribution < -0.4 is 11.2 Å². The highest BCUT2D eigenvalue weighted by Crippen LogP contribution is 2.25. The summed E-state index contributed by atoms with van der Waals surface area (Å²) in [4.78, 5) is 26.9. The van der Waals surface area contributed by atoms with Crippen molar-refractivity contribution in [3.05, 3.63) is 31.6 Å². The lowest BCUT2D eigenvalue weighted by atomic mass is 9.92. The third-order valence-corrected chi connectivity index (χ3v) is 4.21. The number of halogens is 1. The molecule has 1 aromatic heterocycles. The van der Waals surface area contributed by atoms with Gasteiger partial charge in [0.15, 0.2) is 0 Å². The third kappa shape index (κ3) is 2.77. The summed E-state index contributed by atoms with van der Waals surface area (Å²) in [5.74, 6) is 0.290. The Morgan fingerprint density at radius 2 is 2.05 bits per heavy atom. The molecule has 0 amide bonds. The largest absolute Gasteiger partial charge is 0.381 e. The fourth-order valence-electron chi connectivity index (χ4n) is 2.65. The first-order chi connectivity index (χ1) is 9.06. The molecule has 1 atom stereocenters. The zero-order chi connectivity index (χ0) is 14.0. The van der Waals surface area contributed by atoms with Gasteiger partial charge in [-0.3, -0.25) is 14.3 Å². The van der Waals surface area contributed by atoms with E-state index in [1.165, 1.54) is 4.57 Å². The second-order valence-electron chi connectivity index (χ2n) is 4.94. The van der Waals surface area contributed by atoms with Crippen molar-refractivity contribution in [2.45, 2.75) is 39.2 Å². The number of hydrogen-bond donors (Lipinski definition) is 1. The highest BCUT2D eigenvalue weighted by molar-refractivity contribution is 6.30. The topological polar surface area (TPSA) is 64.1 Å². The average Bonchev–Trinajstić information content (AvgIpc) is 2.39. The Morgan fingerprint density at radius 3 is 2.63 bits per heavy atom. The highest BCUT2D eigenvalue weighted by atomic mass is 35.5. The van der Waals surface area contributed by atoms with E-state index < -0.39 is 5.69 Å². The fourth-order valence-corrected chi connectivity index (χ4v) is 2.94. The minimum Gasteiger partial charge on any atom is -0.381 e. The molecule has 106 valence electrons. The maximum absolute atomic E-state index is 12.4. The molecule has 1 saturated heterocycles. The summed E-state index contributed by atoms with van der Waals surface area (Å²) in [5.41, 5.74) is -0.221. The van der Waals surface area contributed by atoms with Gasteiger partial charge in [-0.05, 0) is 32.1 Å². The highest BCUT2D eigenvalue weighted by Gasteiger charge is 2.25. The van der Waals surface area contributed by atoms with Crippen molar-refractivity contribution in [1.82, 2.24) is 9.55 Å². The summed E-state index contributed by atoms with van der Waals surface area (Å²) in [5, 5.41) is 0.160. The van der Waals surface area contributed by atoms with E-state index in [0.29, 0.717) is 31.1 Å². The molecule has 0 bridgehead atoms. The van der Waals surface area contributed by atoms with Crippen LogP contribution in [0.4, 0.5) is 0 Å². The van der Waals surface area contributed by atoms with Crippen molar-refractivity contribution < 1.29 is 4.74 Å². The summed E-state index contributed by atoms with van der Waals surface area (Å²) >= 11 is 5.91. The predicted molar refractivity (Wildman–Crippen MR) is 74.0 cm³/mol. The normalized spacial score (nSPS) is 18.5. The molecule has 1 unspecified atom stereocenters. The van der Waals surface area contributed by atoms with Crippen LogP contribution in [0.2, 0.25) is 5.15 Å². The second-order valence-corrected chi connectivity index (χ2v) is 5.32. The number of aromatic amines is 1. The van der Waals surface area contributed by atoms with Gasteiger partial charge in [-0.15, -0.1) is 0 Å². The summed E-state index contributed by atoms with van der Waals surface area (Å²) in [7, 11) is 0. The molecule has 6 heteroatoms. The van der Waals surface area contributed by atoms with Crippen LogP contribution in [-0.4, -0.2) is 22.8 Å². The number of ether oxygens (including phenoxy) is 1. The summed E-state index contributed by atoms with van der Waals surface area (Å²) in [6.45, 7) is 5.15. The molecular weight excluding hydrogens is 268 g/mol. The Bertz CT molecular complexity index is 558. The van der Waals surface area contributed by atoms with Crippen molar-refractivity contribution in [3.8, 4) is 0 Å². The van der Waals surface area contributed by atoms with Gasteiger partial charge in [0.25, 0.3) is 5.56 Å². The van der Waals surface area contributed by atoms with E-state index in [-0.39, 0.29) is 16.8 Å². The molecule has 2 heterocycles. The Balaban J connectivity index is 2.44. The quantitative estimate of drug-likeness (QED) is 0.861. The zero-order valence-electron chi connectivity index (χ0n) is 11.2. The van der Waals surface area contributed by atoms with E-state index in [9.17, 15) is 9.59 Å². The molecule has 5 nitrogen and oxygen atoms in total. The van der Waals surface area contributed by atoms with E-state index in [0.717, 1.165) is 12.8 Å². The van der Waals surface area contributed by atoms with Crippen LogP contribution in [0, 0.1) is 5.92 Å². The smallest absolute Gasteiger partial charge is 0.329 e. The number of hydrogen-bond acceptors (Lipinski definition) is 3. The van der Waals surface area contributed by atoms with Gasteiger partial charge in [0.1, 0.15) is 5.15 Å². The molecule has 0 saturated carbocycles. The van der Waals surface area contributed by atoms with E-state index in [1.807, 2.05) is 13.8 Å². The summed E-state index contributed by atoms with van der Waals surface area (Å²) in [6, 6.07) is -0.136. The first-order valence-electron chi connectivity index (χ1n) is 6.67. The molecule has 1 aliphatic rings. The molecule has 1 N–H and O–H groups in total. The molecular formula is C13H19ClN2O3. The van der Waals surface area contributed by atoms with Crippen molar-refractivity contribution >= 4 is 11.6 Å². The average molecular weight is 287 g/mol. The van der Waals surface area contributed by atoms with Crippen molar-refractivity contribution in [2.24, 2.45) is 5.92 Å². The minimum absolute atomic E-state index is 0.136. The monoisotopic (exact) mass is 286 g/mol. The van der Waals surface area contributed by atoms with E-state index in [1.54, 1.807) is 0 Å². The number of nitrogens with one attached hydrogen (secondary N) is 1. The van der Waals surface area contributed by atoms with Crippen LogP contribution in [0.3, 0.4) is 0 Å². The van der Waals surface area contributed by atoms with Crippen LogP contribution in [0.25, 0.3) is 0 Å². The lowest BCUT2D eigenvalue weighted by molar-refractivity contribution is 0.0501. The maximum atomic E-state index is 12.4. The van der Waals surface area contributed by atoms with E-state index in [4.69, 9.17) is 16.3 Å². The van der Waals surface area contributed by atoms with Crippen molar-refractivity contribution in [2.75, 3.05) is 13.2 Å². The van der Waals surface area contributed by atoms with Crippen molar-refractivity contribution in [3.63, 3.8) is 0 Å². The van der Waals surface area contributed by atoms with Gasteiger partial charge in [-0.1, -0.05) is 18.5 Å². The van der Waals surface area contributed by atoms with Gasteiger partial charge in [0, 0.05) is 19.3 Å². The molecule has 0 aromatic carbocycles. The first kappa shape index (κ1) is 14.3. The predicted octanol–water partition coefficient (Wildman–Crippen LogP) is 1.74. The summed E-state index contributed by atoms with van der Waals surface area (Å²) in [6.07, 6.45) is 2.25. The second kappa shape index (κ2) is 5.92. The Morgan fingerprint density at radius 1 is 1.42 bits per heavy atom. The molecule has 0 spiro atoms. The van der Waals surface area contributed by atoms with Crippen molar-refractivity contribution in [1.29, 1.82) is 0 Å². The minimum atomic E-state index is -0.425. The molecule has 0 aliphatic carbocycles. The van der Waals surface area contributed by atoms with Crippen LogP contribution in [-0.2, 0) is 11.2 Å². The fraction of sp³-hybridized carbons (Fsp3) is 0.692. The number of nitrogens with zero attached hydrogens (tertiary/aromatic N) is 1. The Labute approximate surface area is 116 Å². The molecule has 1 aliphatic heterocycles. The maximum Gasteiger partial charge on any atom is 0.329 e. The van der Waals surface area contributed by atoms with Gasteiger partial charge in [-0.25, -0.2) is 4.79 Å². The molecule has 0 radical (unpaired) electrons. The Kier molecular flexibility index (Phi) is 4.47. The van der Waals surface area contributed by atoms with Crippen LogP contribution in [0.5, 0.6) is 0 Å². The number of aromatic nitrogens is 2. The van der Waals surface area contributed by atoms with Crippen LogP contribution in [0.1, 0.15) is 38.3 Å². The van der Waals surface area contributed by atoms with Gasteiger partial charge >= 0.3 is 5.69 Å². The molecule has 1 fully saturated rings. The lowest BCUT2D eigenvalue weighted by Crippen LogP contribution is -2.42. The molecule has 1 aromatic rings. The van der Waals surface area contributed by atoms with Gasteiger partial charge < -0.3 is 4.74 Å². The lowest BCUT2D eigenvalue weighted by Gasteiger charge is -2.28. The standard InChI is InChI=1S/C13H19ClN2O3/c1-3-10-11(14)15-13(18)16(12(10)17)8(2)9-4-6-19-7-5-9/h8-9H,3-7H2,1-2H3,(H,15,18).